The molecule has 3 aromatic heterocycles. The number of benzene rings is 1. The third-order valence-corrected chi connectivity index (χ3v) is 6.12. The number of hydrogen-bond donors (Lipinski definition) is 2. The van der Waals surface area contributed by atoms with E-state index in [1.165, 1.54) is 11.9 Å². The standard InChI is InChI=1S/C21H24N6O/c1-26-12-25-16-8-13(4-5-17(16)26)2-3-14-9-18(19(28)10-14)27-7-6-15-20(22)23-11-24-21(15)27/h4-8,11-12,14,18-19,28H,2-3,9-10H2,1H3,(H2,22,23,24)/t14-,18+,19+/m0/s1. The minimum absolute atomic E-state index is 0.0371. The van der Waals surface area contributed by atoms with Crippen LogP contribution in [0.5, 0.6) is 0 Å². The molecular weight excluding hydrogens is 352 g/mol. The number of rotatable bonds is 4. The van der Waals surface area contributed by atoms with Gasteiger partial charge in [-0.25, -0.2) is 15.0 Å². The zero-order chi connectivity index (χ0) is 19.3. The molecule has 3 N–H and O–H groups in total. The van der Waals surface area contributed by atoms with Crippen LogP contribution in [0.25, 0.3) is 22.1 Å². The Labute approximate surface area is 162 Å². The lowest BCUT2D eigenvalue weighted by Crippen LogP contribution is -2.17. The molecule has 1 fully saturated rings. The fourth-order valence-electron chi connectivity index (χ4n) is 4.59. The van der Waals surface area contributed by atoms with Crippen LogP contribution in [0.3, 0.4) is 0 Å². The van der Waals surface area contributed by atoms with Gasteiger partial charge >= 0.3 is 0 Å². The summed E-state index contributed by atoms with van der Waals surface area (Å²) in [7, 11) is 2.01. The van der Waals surface area contributed by atoms with Crippen LogP contribution in [0.1, 0.15) is 30.9 Å². The molecule has 0 spiro atoms. The minimum Gasteiger partial charge on any atom is -0.391 e. The topological polar surface area (TPSA) is 94.8 Å². The van der Waals surface area contributed by atoms with Gasteiger partial charge in [0, 0.05) is 13.2 Å². The Kier molecular flexibility index (Phi) is 4.05. The van der Waals surface area contributed by atoms with E-state index < -0.39 is 0 Å². The molecule has 144 valence electrons. The molecule has 0 saturated heterocycles. The molecule has 3 heterocycles. The zero-order valence-electron chi connectivity index (χ0n) is 15.9. The van der Waals surface area contributed by atoms with Crippen LogP contribution in [0.15, 0.2) is 43.1 Å². The van der Waals surface area contributed by atoms with Crippen molar-refractivity contribution in [3.63, 3.8) is 0 Å². The summed E-state index contributed by atoms with van der Waals surface area (Å²) in [6, 6.07) is 8.48. The van der Waals surface area contributed by atoms with E-state index in [2.05, 4.69) is 37.7 Å². The number of hydrogen-bond acceptors (Lipinski definition) is 5. The maximum Gasteiger partial charge on any atom is 0.145 e. The van der Waals surface area contributed by atoms with Crippen LogP contribution in [0.4, 0.5) is 5.82 Å². The number of nitrogens with zero attached hydrogens (tertiary/aromatic N) is 5. The van der Waals surface area contributed by atoms with Crippen molar-refractivity contribution in [3.05, 3.63) is 48.7 Å². The number of aliphatic hydroxyl groups excluding tert-OH is 1. The summed E-state index contributed by atoms with van der Waals surface area (Å²) < 4.78 is 4.10. The number of imidazole rings is 1. The van der Waals surface area contributed by atoms with Crippen molar-refractivity contribution >= 4 is 27.9 Å². The first kappa shape index (κ1) is 17.2. The maximum atomic E-state index is 10.7. The number of nitrogens with two attached hydrogens (primary N) is 1. The molecule has 5 rings (SSSR count). The normalized spacial score (nSPS) is 22.4. The second-order valence-corrected chi connectivity index (χ2v) is 7.91. The van der Waals surface area contributed by atoms with E-state index in [-0.39, 0.29) is 12.1 Å². The van der Waals surface area contributed by atoms with E-state index in [0.29, 0.717) is 11.7 Å². The predicted octanol–water partition coefficient (Wildman–Crippen LogP) is 2.85. The summed E-state index contributed by atoms with van der Waals surface area (Å²) in [5.74, 6) is 0.966. The summed E-state index contributed by atoms with van der Waals surface area (Å²) in [6.45, 7) is 0. The molecule has 7 nitrogen and oxygen atoms in total. The molecule has 28 heavy (non-hydrogen) atoms. The Balaban J connectivity index is 1.30. The van der Waals surface area contributed by atoms with Crippen LogP contribution in [0.2, 0.25) is 0 Å². The summed E-state index contributed by atoms with van der Waals surface area (Å²) >= 11 is 0. The van der Waals surface area contributed by atoms with Gasteiger partial charge in [0.2, 0.25) is 0 Å². The van der Waals surface area contributed by atoms with Crippen LogP contribution >= 0.6 is 0 Å². The molecule has 1 aliphatic carbocycles. The third-order valence-electron chi connectivity index (χ3n) is 6.12. The molecule has 7 heteroatoms. The number of anilines is 1. The second-order valence-electron chi connectivity index (χ2n) is 7.91. The summed E-state index contributed by atoms with van der Waals surface area (Å²) in [5, 5.41) is 11.5. The molecule has 1 aromatic carbocycles. The number of aryl methyl sites for hydroxylation is 2. The van der Waals surface area contributed by atoms with Crippen molar-refractivity contribution in [2.24, 2.45) is 13.0 Å². The number of aromatic nitrogens is 5. The van der Waals surface area contributed by atoms with Gasteiger partial charge in [0.15, 0.2) is 0 Å². The van der Waals surface area contributed by atoms with Gasteiger partial charge in [-0.15, -0.1) is 0 Å². The van der Waals surface area contributed by atoms with E-state index >= 15 is 0 Å². The van der Waals surface area contributed by atoms with E-state index in [1.54, 1.807) is 0 Å². The van der Waals surface area contributed by atoms with Gasteiger partial charge in [-0.1, -0.05) is 6.07 Å². The number of nitrogen functional groups attached to an aromatic ring is 1. The highest BCUT2D eigenvalue weighted by atomic mass is 16.3. The minimum atomic E-state index is -0.366. The van der Waals surface area contributed by atoms with Gasteiger partial charge in [0.1, 0.15) is 17.8 Å². The number of fused-ring (bicyclic) bond motifs is 2. The van der Waals surface area contributed by atoms with Gasteiger partial charge in [-0.3, -0.25) is 0 Å². The average molecular weight is 376 g/mol. The van der Waals surface area contributed by atoms with E-state index in [4.69, 9.17) is 5.73 Å². The van der Waals surface area contributed by atoms with E-state index in [0.717, 1.165) is 47.8 Å². The molecule has 3 atom stereocenters. The van der Waals surface area contributed by atoms with Gasteiger partial charge < -0.3 is 20.0 Å². The lowest BCUT2D eigenvalue weighted by molar-refractivity contribution is 0.136. The summed E-state index contributed by atoms with van der Waals surface area (Å²) in [4.78, 5) is 12.9. The summed E-state index contributed by atoms with van der Waals surface area (Å²) in [6.07, 6.45) is 8.76. The highest BCUT2D eigenvalue weighted by Crippen LogP contribution is 2.39. The smallest absolute Gasteiger partial charge is 0.145 e. The monoisotopic (exact) mass is 376 g/mol. The summed E-state index contributed by atoms with van der Waals surface area (Å²) in [5.41, 5.74) is 10.3. The van der Waals surface area contributed by atoms with Gasteiger partial charge in [-0.05, 0) is 55.4 Å². The molecular formula is C21H24N6O. The molecule has 0 radical (unpaired) electrons. The Morgan fingerprint density at radius 2 is 2.07 bits per heavy atom. The maximum absolute atomic E-state index is 10.7. The molecule has 1 aliphatic rings. The lowest BCUT2D eigenvalue weighted by atomic mass is 9.97. The highest BCUT2D eigenvalue weighted by Gasteiger charge is 2.34. The number of aliphatic hydroxyl groups is 1. The van der Waals surface area contributed by atoms with Crippen molar-refractivity contribution in [2.45, 2.75) is 37.8 Å². The van der Waals surface area contributed by atoms with E-state index in [1.807, 2.05) is 30.2 Å². The Hall–Kier alpha value is -2.93. The first-order valence-corrected chi connectivity index (χ1v) is 9.75. The Bertz CT molecular complexity index is 1150. The largest absolute Gasteiger partial charge is 0.391 e. The first-order chi connectivity index (χ1) is 13.6. The van der Waals surface area contributed by atoms with Crippen molar-refractivity contribution in [3.8, 4) is 0 Å². The third kappa shape index (κ3) is 2.82. The molecule has 0 aliphatic heterocycles. The molecule has 0 bridgehead atoms. The van der Waals surface area contributed by atoms with E-state index in [9.17, 15) is 5.11 Å². The molecule has 0 amide bonds. The van der Waals surface area contributed by atoms with Crippen molar-refractivity contribution < 1.29 is 5.11 Å². The van der Waals surface area contributed by atoms with Crippen molar-refractivity contribution in [2.75, 3.05) is 5.73 Å². The Morgan fingerprint density at radius 1 is 1.18 bits per heavy atom. The second kappa shape index (κ2) is 6.60. The fraction of sp³-hybridized carbons (Fsp3) is 0.381. The first-order valence-electron chi connectivity index (χ1n) is 9.75. The van der Waals surface area contributed by atoms with Crippen LogP contribution in [-0.4, -0.2) is 35.3 Å². The van der Waals surface area contributed by atoms with Crippen molar-refractivity contribution in [1.82, 2.24) is 24.1 Å². The zero-order valence-corrected chi connectivity index (χ0v) is 15.9. The fourth-order valence-corrected chi connectivity index (χ4v) is 4.59. The average Bonchev–Trinajstić information content (AvgIpc) is 3.38. The predicted molar refractivity (Wildman–Crippen MR) is 109 cm³/mol. The van der Waals surface area contributed by atoms with Crippen LogP contribution in [0, 0.1) is 5.92 Å². The van der Waals surface area contributed by atoms with Gasteiger partial charge in [0.05, 0.1) is 34.9 Å². The molecule has 0 unspecified atom stereocenters. The van der Waals surface area contributed by atoms with Gasteiger partial charge in [0.25, 0.3) is 0 Å². The van der Waals surface area contributed by atoms with Crippen LogP contribution in [-0.2, 0) is 13.5 Å². The highest BCUT2D eigenvalue weighted by molar-refractivity contribution is 5.86. The van der Waals surface area contributed by atoms with Crippen molar-refractivity contribution in [1.29, 1.82) is 0 Å². The van der Waals surface area contributed by atoms with Crippen LogP contribution < -0.4 is 5.73 Å². The Morgan fingerprint density at radius 3 is 2.96 bits per heavy atom. The SMILES string of the molecule is Cn1cnc2cc(CC[C@@H]3C[C@@H](O)[C@H](n4ccc5c(N)ncnc54)C3)ccc21. The molecule has 1 saturated carbocycles. The lowest BCUT2D eigenvalue weighted by Gasteiger charge is -2.17. The molecule has 4 aromatic rings. The van der Waals surface area contributed by atoms with Gasteiger partial charge in [-0.2, -0.15) is 0 Å². The quantitative estimate of drug-likeness (QED) is 0.571.